The van der Waals surface area contributed by atoms with Crippen molar-refractivity contribution in [2.75, 3.05) is 0 Å². The van der Waals surface area contributed by atoms with Crippen molar-refractivity contribution in [3.8, 4) is 0 Å². The molecular weight excluding hydrogens is 213 g/mol. The number of hydrogen-bond donors (Lipinski definition) is 1. The molecule has 1 unspecified atom stereocenters. The predicted molar refractivity (Wildman–Crippen MR) is 62.5 cm³/mol. The first-order chi connectivity index (χ1) is 7.00. The van der Waals surface area contributed by atoms with Crippen molar-refractivity contribution in [3.05, 3.63) is 34.6 Å². The number of rotatable bonds is 4. The fourth-order valence-corrected chi connectivity index (χ4v) is 1.37. The molecule has 3 heteroatoms. The molecule has 0 radical (unpaired) electrons. The fourth-order valence-electron chi connectivity index (χ4n) is 1.19. The summed E-state index contributed by atoms with van der Waals surface area (Å²) >= 11 is 5.95. The second-order valence-electron chi connectivity index (χ2n) is 4.15. The van der Waals surface area contributed by atoms with Gasteiger partial charge in [0.2, 0.25) is 0 Å². The zero-order valence-electron chi connectivity index (χ0n) is 9.35. The minimum Gasteiger partial charge on any atom is -0.310 e. The van der Waals surface area contributed by atoms with Crippen molar-refractivity contribution < 1.29 is 4.39 Å². The van der Waals surface area contributed by atoms with Crippen molar-refractivity contribution in [3.63, 3.8) is 0 Å². The highest BCUT2D eigenvalue weighted by Crippen LogP contribution is 2.17. The quantitative estimate of drug-likeness (QED) is 0.832. The molecule has 0 saturated heterocycles. The largest absolute Gasteiger partial charge is 0.310 e. The summed E-state index contributed by atoms with van der Waals surface area (Å²) in [5.74, 6) is 0.311. The first-order valence-corrected chi connectivity index (χ1v) is 5.56. The lowest BCUT2D eigenvalue weighted by Gasteiger charge is -2.17. The Balaban J connectivity index is 2.61. The van der Waals surface area contributed by atoms with E-state index in [0.717, 1.165) is 5.56 Å². The molecule has 0 aliphatic rings. The van der Waals surface area contributed by atoms with Gasteiger partial charge in [0.15, 0.2) is 0 Å². The van der Waals surface area contributed by atoms with Crippen LogP contribution in [0.25, 0.3) is 0 Å². The highest BCUT2D eigenvalue weighted by atomic mass is 35.5. The Kier molecular flexibility index (Phi) is 4.55. The van der Waals surface area contributed by atoms with E-state index in [9.17, 15) is 4.39 Å². The lowest BCUT2D eigenvalue weighted by atomic mass is 10.1. The zero-order valence-corrected chi connectivity index (χ0v) is 10.1. The van der Waals surface area contributed by atoms with Crippen LogP contribution in [0, 0.1) is 11.7 Å². The van der Waals surface area contributed by atoms with Gasteiger partial charge in [-0.15, -0.1) is 0 Å². The average Bonchev–Trinajstić information content (AvgIpc) is 2.18. The molecule has 1 aromatic carbocycles. The molecule has 84 valence electrons. The molecule has 0 fully saturated rings. The van der Waals surface area contributed by atoms with E-state index in [0.29, 0.717) is 23.5 Å². The van der Waals surface area contributed by atoms with Crippen LogP contribution in [0.2, 0.25) is 5.02 Å². The summed E-state index contributed by atoms with van der Waals surface area (Å²) in [5, 5.41) is 3.93. The van der Waals surface area contributed by atoms with Gasteiger partial charge in [-0.3, -0.25) is 0 Å². The van der Waals surface area contributed by atoms with Gasteiger partial charge < -0.3 is 5.32 Å². The SMILES string of the molecule is CC(C)C(C)NCc1cc(F)ccc1Cl. The molecule has 0 bridgehead atoms. The number of nitrogens with one attached hydrogen (secondary N) is 1. The summed E-state index contributed by atoms with van der Waals surface area (Å²) in [6, 6.07) is 4.83. The predicted octanol–water partition coefficient (Wildman–Crippen LogP) is 3.61. The van der Waals surface area contributed by atoms with E-state index in [1.54, 1.807) is 6.07 Å². The van der Waals surface area contributed by atoms with Gasteiger partial charge in [0, 0.05) is 17.6 Å². The van der Waals surface area contributed by atoms with Crippen LogP contribution in [0.15, 0.2) is 18.2 Å². The topological polar surface area (TPSA) is 12.0 Å². The van der Waals surface area contributed by atoms with Crippen molar-refractivity contribution >= 4 is 11.6 Å². The zero-order chi connectivity index (χ0) is 11.4. The maximum absolute atomic E-state index is 12.9. The van der Waals surface area contributed by atoms with Crippen LogP contribution >= 0.6 is 11.6 Å². The fraction of sp³-hybridized carbons (Fsp3) is 0.500. The summed E-state index contributed by atoms with van der Waals surface area (Å²) in [6.07, 6.45) is 0. The van der Waals surface area contributed by atoms with Gasteiger partial charge in [-0.25, -0.2) is 4.39 Å². The Morgan fingerprint density at radius 1 is 1.33 bits per heavy atom. The molecule has 1 rings (SSSR count). The molecule has 1 atom stereocenters. The van der Waals surface area contributed by atoms with Gasteiger partial charge >= 0.3 is 0 Å². The van der Waals surface area contributed by atoms with Crippen molar-refractivity contribution in [2.45, 2.75) is 33.4 Å². The van der Waals surface area contributed by atoms with Crippen LogP contribution in [-0.4, -0.2) is 6.04 Å². The van der Waals surface area contributed by atoms with Crippen LogP contribution < -0.4 is 5.32 Å². The normalized spacial score (nSPS) is 13.2. The van der Waals surface area contributed by atoms with E-state index in [-0.39, 0.29) is 5.82 Å². The monoisotopic (exact) mass is 229 g/mol. The third-order valence-electron chi connectivity index (χ3n) is 2.62. The van der Waals surface area contributed by atoms with Crippen molar-refractivity contribution in [1.29, 1.82) is 0 Å². The van der Waals surface area contributed by atoms with Crippen LogP contribution in [0.1, 0.15) is 26.3 Å². The summed E-state index contributed by atoms with van der Waals surface area (Å²) < 4.78 is 12.9. The van der Waals surface area contributed by atoms with Crippen LogP contribution in [0.3, 0.4) is 0 Å². The molecule has 15 heavy (non-hydrogen) atoms. The Hall–Kier alpha value is -0.600. The molecule has 0 heterocycles. The lowest BCUT2D eigenvalue weighted by molar-refractivity contribution is 0.426. The van der Waals surface area contributed by atoms with Crippen LogP contribution in [0.4, 0.5) is 4.39 Å². The molecule has 0 amide bonds. The summed E-state index contributed by atoms with van der Waals surface area (Å²) in [6.45, 7) is 7.00. The van der Waals surface area contributed by atoms with E-state index in [2.05, 4.69) is 26.1 Å². The summed E-state index contributed by atoms with van der Waals surface area (Å²) in [7, 11) is 0. The Morgan fingerprint density at radius 2 is 2.00 bits per heavy atom. The Bertz CT molecular complexity index is 325. The second kappa shape index (κ2) is 5.47. The van der Waals surface area contributed by atoms with Gasteiger partial charge in [0.25, 0.3) is 0 Å². The number of halogens is 2. The number of hydrogen-bond acceptors (Lipinski definition) is 1. The van der Waals surface area contributed by atoms with E-state index in [1.165, 1.54) is 12.1 Å². The van der Waals surface area contributed by atoms with Gasteiger partial charge in [-0.05, 0) is 36.6 Å². The third kappa shape index (κ3) is 3.80. The highest BCUT2D eigenvalue weighted by molar-refractivity contribution is 6.31. The smallest absolute Gasteiger partial charge is 0.123 e. The van der Waals surface area contributed by atoms with Crippen molar-refractivity contribution in [1.82, 2.24) is 5.32 Å². The maximum atomic E-state index is 12.9. The second-order valence-corrected chi connectivity index (χ2v) is 4.56. The van der Waals surface area contributed by atoms with Crippen molar-refractivity contribution in [2.24, 2.45) is 5.92 Å². The summed E-state index contributed by atoms with van der Waals surface area (Å²) in [4.78, 5) is 0. The van der Waals surface area contributed by atoms with E-state index in [4.69, 9.17) is 11.6 Å². The lowest BCUT2D eigenvalue weighted by Crippen LogP contribution is -2.30. The van der Waals surface area contributed by atoms with Crippen LogP contribution in [-0.2, 0) is 6.54 Å². The van der Waals surface area contributed by atoms with E-state index < -0.39 is 0 Å². The highest BCUT2D eigenvalue weighted by Gasteiger charge is 2.07. The maximum Gasteiger partial charge on any atom is 0.123 e. The molecule has 0 aliphatic carbocycles. The molecule has 1 N–H and O–H groups in total. The van der Waals surface area contributed by atoms with Gasteiger partial charge in [-0.1, -0.05) is 25.4 Å². The van der Waals surface area contributed by atoms with E-state index in [1.807, 2.05) is 0 Å². The number of benzene rings is 1. The molecule has 1 aromatic rings. The van der Waals surface area contributed by atoms with Gasteiger partial charge in [-0.2, -0.15) is 0 Å². The third-order valence-corrected chi connectivity index (χ3v) is 2.99. The standard InChI is InChI=1S/C12H17ClFN/c1-8(2)9(3)15-7-10-6-11(14)4-5-12(10)13/h4-6,8-9,15H,7H2,1-3H3. The van der Waals surface area contributed by atoms with Gasteiger partial charge in [0.05, 0.1) is 0 Å². The van der Waals surface area contributed by atoms with Gasteiger partial charge in [0.1, 0.15) is 5.82 Å². The molecule has 0 aliphatic heterocycles. The molecule has 0 aromatic heterocycles. The minimum atomic E-state index is -0.242. The molecular formula is C12H17ClFN. The molecule has 0 saturated carbocycles. The first kappa shape index (κ1) is 12.5. The summed E-state index contributed by atoms with van der Waals surface area (Å²) in [5.41, 5.74) is 0.809. The molecule has 1 nitrogen and oxygen atoms in total. The van der Waals surface area contributed by atoms with E-state index >= 15 is 0 Å². The Morgan fingerprint density at radius 3 is 2.60 bits per heavy atom. The minimum absolute atomic E-state index is 0.242. The van der Waals surface area contributed by atoms with Crippen LogP contribution in [0.5, 0.6) is 0 Å². The Labute approximate surface area is 95.6 Å². The first-order valence-electron chi connectivity index (χ1n) is 5.18. The average molecular weight is 230 g/mol. The molecule has 0 spiro atoms.